The standard InChI is InChI=1S/C19H20BrN3O3/c1-3-26-19(25)18-17(21-2)16(12-7-9-13(20)10-8-12)22-23(18)14-5-4-6-15(24)11-14/h7-10,14-15,24H,3-6,11H2,1H3. The van der Waals surface area contributed by atoms with Gasteiger partial charge in [-0.3, -0.25) is 4.68 Å². The molecule has 7 heteroatoms. The number of hydrogen-bond acceptors (Lipinski definition) is 4. The first kappa shape index (κ1) is 18.6. The summed E-state index contributed by atoms with van der Waals surface area (Å²) in [6.07, 6.45) is 2.52. The van der Waals surface area contributed by atoms with E-state index in [1.165, 1.54) is 0 Å². The van der Waals surface area contributed by atoms with Gasteiger partial charge in [-0.25, -0.2) is 9.64 Å². The van der Waals surface area contributed by atoms with Crippen molar-refractivity contribution in [3.05, 3.63) is 45.8 Å². The highest BCUT2D eigenvalue weighted by Crippen LogP contribution is 2.38. The molecule has 1 aromatic heterocycles. The molecule has 2 unspecified atom stereocenters. The van der Waals surface area contributed by atoms with E-state index in [1.807, 2.05) is 24.3 Å². The normalized spacial score (nSPS) is 19.8. The Morgan fingerprint density at radius 3 is 2.77 bits per heavy atom. The van der Waals surface area contributed by atoms with Crippen LogP contribution >= 0.6 is 15.9 Å². The fourth-order valence-electron chi connectivity index (χ4n) is 3.35. The van der Waals surface area contributed by atoms with Crippen molar-refractivity contribution < 1.29 is 14.6 Å². The fraction of sp³-hybridized carbons (Fsp3) is 0.421. The highest BCUT2D eigenvalue weighted by Gasteiger charge is 2.31. The zero-order chi connectivity index (χ0) is 18.7. The molecule has 0 radical (unpaired) electrons. The van der Waals surface area contributed by atoms with Gasteiger partial charge in [0.25, 0.3) is 0 Å². The van der Waals surface area contributed by atoms with E-state index in [-0.39, 0.29) is 24.0 Å². The number of ether oxygens (including phenoxy) is 1. The number of esters is 1. The van der Waals surface area contributed by atoms with Crippen LogP contribution in [0.2, 0.25) is 0 Å². The number of benzene rings is 1. The van der Waals surface area contributed by atoms with Gasteiger partial charge in [0.15, 0.2) is 5.69 Å². The predicted octanol–water partition coefficient (Wildman–Crippen LogP) is 4.52. The Balaban J connectivity index is 2.14. The average molecular weight is 418 g/mol. The van der Waals surface area contributed by atoms with Crippen LogP contribution in [0.15, 0.2) is 28.7 Å². The fourth-order valence-corrected chi connectivity index (χ4v) is 3.61. The minimum absolute atomic E-state index is 0.122. The number of hydrogen-bond donors (Lipinski definition) is 1. The van der Waals surface area contributed by atoms with E-state index in [0.29, 0.717) is 12.1 Å². The Hall–Kier alpha value is -2.17. The van der Waals surface area contributed by atoms with Gasteiger partial charge in [-0.2, -0.15) is 5.10 Å². The van der Waals surface area contributed by atoms with Crippen LogP contribution in [0.25, 0.3) is 16.1 Å². The summed E-state index contributed by atoms with van der Waals surface area (Å²) in [4.78, 5) is 16.2. The quantitative estimate of drug-likeness (QED) is 0.586. The molecule has 1 aliphatic rings. The number of rotatable bonds is 4. The van der Waals surface area contributed by atoms with Crippen LogP contribution in [-0.2, 0) is 4.74 Å². The molecule has 0 aliphatic heterocycles. The molecule has 1 saturated carbocycles. The Kier molecular flexibility index (Phi) is 5.74. The van der Waals surface area contributed by atoms with Crippen molar-refractivity contribution >= 4 is 27.6 Å². The first-order valence-electron chi connectivity index (χ1n) is 8.66. The van der Waals surface area contributed by atoms with E-state index in [1.54, 1.807) is 11.6 Å². The zero-order valence-corrected chi connectivity index (χ0v) is 16.1. The second-order valence-electron chi connectivity index (χ2n) is 6.30. The molecule has 26 heavy (non-hydrogen) atoms. The molecule has 1 heterocycles. The van der Waals surface area contributed by atoms with E-state index in [0.717, 1.165) is 29.3 Å². The molecule has 1 aliphatic carbocycles. The summed E-state index contributed by atoms with van der Waals surface area (Å²) in [5.74, 6) is -0.547. The predicted molar refractivity (Wildman–Crippen MR) is 101 cm³/mol. The molecule has 1 N–H and O–H groups in total. The summed E-state index contributed by atoms with van der Waals surface area (Å²) in [6, 6.07) is 7.34. The van der Waals surface area contributed by atoms with Crippen molar-refractivity contribution in [3.63, 3.8) is 0 Å². The maximum absolute atomic E-state index is 12.6. The van der Waals surface area contributed by atoms with E-state index in [4.69, 9.17) is 11.3 Å². The van der Waals surface area contributed by atoms with Gasteiger partial charge in [0.2, 0.25) is 5.69 Å². The molecular weight excluding hydrogens is 398 g/mol. The molecule has 1 aromatic carbocycles. The maximum atomic E-state index is 12.6. The van der Waals surface area contributed by atoms with Gasteiger partial charge in [-0.15, -0.1) is 0 Å². The molecule has 2 aromatic rings. The number of halogens is 1. The lowest BCUT2D eigenvalue weighted by molar-refractivity contribution is 0.0496. The number of carbonyl (C=O) groups excluding carboxylic acids is 1. The van der Waals surface area contributed by atoms with Crippen molar-refractivity contribution in [1.82, 2.24) is 9.78 Å². The van der Waals surface area contributed by atoms with Gasteiger partial charge < -0.3 is 9.84 Å². The number of aromatic nitrogens is 2. The Morgan fingerprint density at radius 1 is 1.42 bits per heavy atom. The summed E-state index contributed by atoms with van der Waals surface area (Å²) in [6.45, 7) is 9.57. The SMILES string of the molecule is [C-]#[N+]c1c(-c2ccc(Br)cc2)nn(C2CCCC(O)C2)c1C(=O)OCC. The lowest BCUT2D eigenvalue weighted by Gasteiger charge is -2.27. The molecule has 0 spiro atoms. The van der Waals surface area contributed by atoms with Crippen molar-refractivity contribution in [2.45, 2.75) is 44.8 Å². The van der Waals surface area contributed by atoms with Crippen LogP contribution in [0.5, 0.6) is 0 Å². The summed E-state index contributed by atoms with van der Waals surface area (Å²) in [5.41, 5.74) is 1.61. The largest absolute Gasteiger partial charge is 0.462 e. The van der Waals surface area contributed by atoms with Crippen LogP contribution in [0.3, 0.4) is 0 Å². The van der Waals surface area contributed by atoms with E-state index >= 15 is 0 Å². The summed E-state index contributed by atoms with van der Waals surface area (Å²) >= 11 is 3.40. The molecular formula is C19H20BrN3O3. The van der Waals surface area contributed by atoms with Crippen LogP contribution in [0.1, 0.15) is 49.1 Å². The number of carbonyl (C=O) groups is 1. The second-order valence-corrected chi connectivity index (χ2v) is 7.22. The van der Waals surface area contributed by atoms with Crippen LogP contribution in [0, 0.1) is 6.57 Å². The monoisotopic (exact) mass is 417 g/mol. The summed E-state index contributed by atoms with van der Waals surface area (Å²) in [7, 11) is 0. The molecule has 2 atom stereocenters. The highest BCUT2D eigenvalue weighted by molar-refractivity contribution is 9.10. The number of aliphatic hydroxyl groups is 1. The van der Waals surface area contributed by atoms with Crippen LogP contribution < -0.4 is 0 Å². The second kappa shape index (κ2) is 8.02. The molecule has 0 saturated heterocycles. The minimum Gasteiger partial charge on any atom is -0.462 e. The van der Waals surface area contributed by atoms with Crippen molar-refractivity contribution in [3.8, 4) is 11.3 Å². The minimum atomic E-state index is -0.547. The van der Waals surface area contributed by atoms with E-state index in [2.05, 4.69) is 25.9 Å². The molecule has 0 bridgehead atoms. The third kappa shape index (κ3) is 3.67. The van der Waals surface area contributed by atoms with Gasteiger partial charge >= 0.3 is 5.97 Å². The molecule has 136 valence electrons. The summed E-state index contributed by atoms with van der Waals surface area (Å²) < 4.78 is 7.71. The Bertz CT molecular complexity index is 839. The molecule has 0 amide bonds. The van der Waals surface area contributed by atoms with Crippen LogP contribution in [0.4, 0.5) is 5.69 Å². The van der Waals surface area contributed by atoms with Gasteiger partial charge in [0, 0.05) is 4.47 Å². The van der Waals surface area contributed by atoms with E-state index in [9.17, 15) is 9.90 Å². The Labute approximate surface area is 160 Å². The highest BCUT2D eigenvalue weighted by atomic mass is 79.9. The molecule has 1 fully saturated rings. The van der Waals surface area contributed by atoms with Crippen molar-refractivity contribution in [1.29, 1.82) is 0 Å². The van der Waals surface area contributed by atoms with Crippen molar-refractivity contribution in [2.75, 3.05) is 6.61 Å². The smallest absolute Gasteiger partial charge is 0.345 e. The molecule has 3 rings (SSSR count). The van der Waals surface area contributed by atoms with Gasteiger partial charge in [0.05, 0.1) is 31.0 Å². The lowest BCUT2D eigenvalue weighted by atomic mass is 9.93. The third-order valence-electron chi connectivity index (χ3n) is 4.55. The van der Waals surface area contributed by atoms with Gasteiger partial charge in [0.1, 0.15) is 0 Å². The maximum Gasteiger partial charge on any atom is 0.345 e. The van der Waals surface area contributed by atoms with E-state index < -0.39 is 12.1 Å². The number of nitrogens with zero attached hydrogens (tertiary/aromatic N) is 3. The van der Waals surface area contributed by atoms with Crippen LogP contribution in [-0.4, -0.2) is 33.6 Å². The topological polar surface area (TPSA) is 68.7 Å². The van der Waals surface area contributed by atoms with Gasteiger partial charge in [-0.1, -0.05) is 28.1 Å². The first-order valence-corrected chi connectivity index (χ1v) is 9.45. The van der Waals surface area contributed by atoms with Crippen molar-refractivity contribution in [2.24, 2.45) is 0 Å². The molecule has 6 nitrogen and oxygen atoms in total. The Morgan fingerprint density at radius 2 is 2.15 bits per heavy atom. The lowest BCUT2D eigenvalue weighted by Crippen LogP contribution is -2.26. The third-order valence-corrected chi connectivity index (χ3v) is 5.08. The van der Waals surface area contributed by atoms with Gasteiger partial charge in [-0.05, 0) is 50.3 Å². The average Bonchev–Trinajstić information content (AvgIpc) is 3.02. The summed E-state index contributed by atoms with van der Waals surface area (Å²) in [5, 5.41) is 14.6. The number of aliphatic hydroxyl groups excluding tert-OH is 1. The zero-order valence-electron chi connectivity index (χ0n) is 14.5. The first-order chi connectivity index (χ1) is 12.5.